The predicted octanol–water partition coefficient (Wildman–Crippen LogP) is 3.97. The smallest absolute Gasteiger partial charge is 0.264 e. The normalized spacial score (nSPS) is 16.7. The molecule has 0 radical (unpaired) electrons. The molecule has 1 fully saturated rings. The molecule has 8 heteroatoms. The van der Waals surface area contributed by atoms with Crippen LogP contribution in [0.3, 0.4) is 0 Å². The lowest BCUT2D eigenvalue weighted by molar-refractivity contribution is -0.119. The molecule has 186 valence electrons. The van der Waals surface area contributed by atoms with Crippen molar-refractivity contribution >= 4 is 21.6 Å². The van der Waals surface area contributed by atoms with Crippen molar-refractivity contribution in [1.82, 2.24) is 10.2 Å². The van der Waals surface area contributed by atoms with Crippen LogP contribution in [-0.4, -0.2) is 58.6 Å². The van der Waals surface area contributed by atoms with Gasteiger partial charge in [-0.3, -0.25) is 9.10 Å². The zero-order chi connectivity index (χ0) is 24.6. The van der Waals surface area contributed by atoms with Gasteiger partial charge in [-0.25, -0.2) is 8.42 Å². The molecule has 0 bridgehead atoms. The summed E-state index contributed by atoms with van der Waals surface area (Å²) in [4.78, 5) is 15.4. The Bertz CT molecular complexity index is 1020. The highest BCUT2D eigenvalue weighted by molar-refractivity contribution is 7.92. The molecule has 2 aromatic carbocycles. The third kappa shape index (κ3) is 6.73. The van der Waals surface area contributed by atoms with E-state index < -0.39 is 10.0 Å². The van der Waals surface area contributed by atoms with Crippen molar-refractivity contribution in [1.29, 1.82) is 0 Å². The lowest BCUT2D eigenvalue weighted by Crippen LogP contribution is -2.43. The Labute approximate surface area is 204 Å². The zero-order valence-electron chi connectivity index (χ0n) is 20.5. The quantitative estimate of drug-likeness (QED) is 0.485. The van der Waals surface area contributed by atoms with Crippen molar-refractivity contribution in [2.75, 3.05) is 37.6 Å². The number of carbonyl (C=O) groups excluding carboxylic acids is 1. The molecule has 1 aliphatic rings. The van der Waals surface area contributed by atoms with Crippen molar-refractivity contribution in [3.63, 3.8) is 0 Å². The number of carbonyl (C=O) groups is 1. The van der Waals surface area contributed by atoms with Gasteiger partial charge in [-0.2, -0.15) is 0 Å². The van der Waals surface area contributed by atoms with Crippen molar-refractivity contribution in [3.8, 4) is 5.75 Å². The number of amides is 1. The number of hydrogen-bond acceptors (Lipinski definition) is 5. The monoisotopic (exact) mass is 487 g/mol. The Morgan fingerprint density at radius 2 is 1.82 bits per heavy atom. The summed E-state index contributed by atoms with van der Waals surface area (Å²) in [7, 11) is -2.41. The van der Waals surface area contributed by atoms with E-state index in [4.69, 9.17) is 4.74 Å². The number of likely N-dealkylation sites (tertiary alicyclic amines) is 1. The number of rotatable bonds is 11. The average molecular weight is 488 g/mol. The summed E-state index contributed by atoms with van der Waals surface area (Å²) in [6.07, 6.45) is 5.78. The number of sulfonamides is 1. The number of benzene rings is 2. The molecule has 1 amide bonds. The maximum absolute atomic E-state index is 13.5. The third-order valence-electron chi connectivity index (χ3n) is 6.42. The summed E-state index contributed by atoms with van der Waals surface area (Å²) in [6, 6.07) is 14.0. The highest BCUT2D eigenvalue weighted by Crippen LogP contribution is 2.25. The van der Waals surface area contributed by atoms with Gasteiger partial charge in [0, 0.05) is 19.1 Å². The summed E-state index contributed by atoms with van der Waals surface area (Å²) < 4.78 is 33.2. The number of anilines is 1. The molecule has 0 spiro atoms. The van der Waals surface area contributed by atoms with Gasteiger partial charge in [-0.15, -0.1) is 0 Å². The first-order chi connectivity index (χ1) is 16.3. The molecule has 3 rings (SSSR count). The van der Waals surface area contributed by atoms with Crippen LogP contribution in [0.5, 0.6) is 5.75 Å². The molecule has 1 heterocycles. The Morgan fingerprint density at radius 1 is 1.12 bits per heavy atom. The van der Waals surface area contributed by atoms with Crippen molar-refractivity contribution in [2.24, 2.45) is 0 Å². The topological polar surface area (TPSA) is 79.0 Å². The summed E-state index contributed by atoms with van der Waals surface area (Å²) in [6.45, 7) is 6.48. The maximum atomic E-state index is 13.5. The van der Waals surface area contributed by atoms with Crippen molar-refractivity contribution < 1.29 is 17.9 Å². The van der Waals surface area contributed by atoms with E-state index in [1.165, 1.54) is 42.8 Å². The van der Waals surface area contributed by atoms with Crippen LogP contribution in [0.4, 0.5) is 5.69 Å². The molecule has 2 aromatic rings. The molecule has 1 unspecified atom stereocenters. The van der Waals surface area contributed by atoms with Crippen LogP contribution in [0, 0.1) is 6.92 Å². The Morgan fingerprint density at radius 3 is 2.47 bits per heavy atom. The van der Waals surface area contributed by atoms with Crippen LogP contribution < -0.4 is 14.4 Å². The minimum atomic E-state index is -3.94. The van der Waals surface area contributed by atoms with Gasteiger partial charge in [0.15, 0.2) is 0 Å². The molecular weight excluding hydrogens is 450 g/mol. The minimum absolute atomic E-state index is 0.109. The van der Waals surface area contributed by atoms with Crippen LogP contribution in [0.2, 0.25) is 0 Å². The van der Waals surface area contributed by atoms with Crippen LogP contribution in [0.15, 0.2) is 53.4 Å². The number of aryl methyl sites for hydroxylation is 1. The lowest BCUT2D eigenvalue weighted by atomic mass is 10.00. The second kappa shape index (κ2) is 12.2. The SMILES string of the molecule is CCC1CCCCN1CCCNC(=O)CN(c1ccc(C)cc1)S(=O)(=O)c1ccc(OC)cc1. The van der Waals surface area contributed by atoms with E-state index >= 15 is 0 Å². The van der Waals surface area contributed by atoms with Gasteiger partial charge in [0.1, 0.15) is 12.3 Å². The zero-order valence-corrected chi connectivity index (χ0v) is 21.3. The Kier molecular flexibility index (Phi) is 9.36. The fraction of sp³-hybridized carbons (Fsp3) is 0.500. The minimum Gasteiger partial charge on any atom is -0.497 e. The van der Waals surface area contributed by atoms with Crippen LogP contribution in [-0.2, 0) is 14.8 Å². The lowest BCUT2D eigenvalue weighted by Gasteiger charge is -2.35. The maximum Gasteiger partial charge on any atom is 0.264 e. The number of ether oxygens (including phenoxy) is 1. The Hall–Kier alpha value is -2.58. The van der Waals surface area contributed by atoms with Gasteiger partial charge in [-0.05, 0) is 75.5 Å². The number of piperidine rings is 1. The molecule has 1 aliphatic heterocycles. The van der Waals surface area contributed by atoms with E-state index in [-0.39, 0.29) is 17.3 Å². The summed E-state index contributed by atoms with van der Waals surface area (Å²) in [5.41, 5.74) is 1.47. The van der Waals surface area contributed by atoms with Crippen molar-refractivity contribution in [2.45, 2.75) is 56.9 Å². The Balaban J connectivity index is 1.66. The summed E-state index contributed by atoms with van der Waals surface area (Å²) in [5.74, 6) is 0.251. The molecule has 1 N–H and O–H groups in total. The standard InChI is InChI=1S/C26H37N3O4S/c1-4-22-8-5-6-18-28(22)19-7-17-27-26(30)20-29(23-11-9-21(2)10-12-23)34(31,32)25-15-13-24(33-3)14-16-25/h9-16,22H,4-8,17-20H2,1-3H3,(H,27,30). The molecule has 1 atom stereocenters. The van der Waals surface area contributed by atoms with E-state index in [9.17, 15) is 13.2 Å². The predicted molar refractivity (Wildman–Crippen MR) is 136 cm³/mol. The van der Waals surface area contributed by atoms with Crippen LogP contribution in [0.1, 0.15) is 44.6 Å². The van der Waals surface area contributed by atoms with Gasteiger partial charge in [-0.1, -0.05) is 31.0 Å². The second-order valence-electron chi connectivity index (χ2n) is 8.82. The highest BCUT2D eigenvalue weighted by atomic mass is 32.2. The van der Waals surface area contributed by atoms with Gasteiger partial charge < -0.3 is 15.0 Å². The molecule has 0 aromatic heterocycles. The highest BCUT2D eigenvalue weighted by Gasteiger charge is 2.27. The number of hydrogen-bond donors (Lipinski definition) is 1. The fourth-order valence-electron chi connectivity index (χ4n) is 4.41. The number of nitrogens with one attached hydrogen (secondary N) is 1. The number of nitrogens with zero attached hydrogens (tertiary/aromatic N) is 2. The molecule has 0 aliphatic carbocycles. The fourth-order valence-corrected chi connectivity index (χ4v) is 5.83. The number of methoxy groups -OCH3 is 1. The van der Waals surface area contributed by atoms with E-state index in [2.05, 4.69) is 17.1 Å². The van der Waals surface area contributed by atoms with Crippen molar-refractivity contribution in [3.05, 3.63) is 54.1 Å². The van der Waals surface area contributed by atoms with E-state index in [1.807, 2.05) is 19.1 Å². The van der Waals surface area contributed by atoms with Gasteiger partial charge >= 0.3 is 0 Å². The molecule has 1 saturated heterocycles. The van der Waals surface area contributed by atoms with E-state index in [1.54, 1.807) is 24.3 Å². The third-order valence-corrected chi connectivity index (χ3v) is 8.21. The molecule has 7 nitrogen and oxygen atoms in total. The molecule has 34 heavy (non-hydrogen) atoms. The van der Waals surface area contributed by atoms with Crippen LogP contribution in [0.25, 0.3) is 0 Å². The summed E-state index contributed by atoms with van der Waals surface area (Å²) >= 11 is 0. The first-order valence-corrected chi connectivity index (χ1v) is 13.5. The first-order valence-electron chi connectivity index (χ1n) is 12.1. The van der Waals surface area contributed by atoms with Crippen LogP contribution >= 0.6 is 0 Å². The van der Waals surface area contributed by atoms with Gasteiger partial charge in [0.2, 0.25) is 5.91 Å². The average Bonchev–Trinajstić information content (AvgIpc) is 2.86. The first kappa shape index (κ1) is 26.0. The summed E-state index contributed by atoms with van der Waals surface area (Å²) in [5, 5.41) is 2.92. The molecular formula is C26H37N3O4S. The molecule has 0 saturated carbocycles. The van der Waals surface area contributed by atoms with E-state index in [0.29, 0.717) is 24.0 Å². The second-order valence-corrected chi connectivity index (χ2v) is 10.7. The van der Waals surface area contributed by atoms with Gasteiger partial charge in [0.05, 0.1) is 17.7 Å². The van der Waals surface area contributed by atoms with E-state index in [0.717, 1.165) is 31.5 Å². The largest absolute Gasteiger partial charge is 0.497 e. The van der Waals surface area contributed by atoms with Gasteiger partial charge in [0.25, 0.3) is 10.0 Å².